The highest BCUT2D eigenvalue weighted by molar-refractivity contribution is 9.10. The van der Waals surface area contributed by atoms with E-state index in [4.69, 9.17) is 11.0 Å². The molecule has 0 atom stereocenters. The lowest BCUT2D eigenvalue weighted by atomic mass is 10.2. The number of nitrogens with one attached hydrogen (secondary N) is 1. The molecule has 0 radical (unpaired) electrons. The Hall–Kier alpha value is -2.72. The van der Waals surface area contributed by atoms with Gasteiger partial charge >= 0.3 is 0 Å². The van der Waals surface area contributed by atoms with Crippen LogP contribution in [0.1, 0.15) is 5.56 Å². The zero-order chi connectivity index (χ0) is 14.8. The van der Waals surface area contributed by atoms with Crippen LogP contribution >= 0.6 is 15.9 Å². The molecule has 0 aliphatic heterocycles. The molecule has 0 aliphatic rings. The number of halogens is 1. The number of pyridine rings is 1. The minimum absolute atomic E-state index is 0.352. The highest BCUT2D eigenvalue weighted by Crippen LogP contribution is 2.26. The smallest absolute Gasteiger partial charge is 0.229 e. The van der Waals surface area contributed by atoms with E-state index >= 15 is 0 Å². The number of hydrogen-bond acceptors (Lipinski definition) is 6. The van der Waals surface area contributed by atoms with Gasteiger partial charge in [0, 0.05) is 18.1 Å². The van der Waals surface area contributed by atoms with E-state index in [1.165, 1.54) is 0 Å². The first-order valence-corrected chi connectivity index (χ1v) is 6.80. The van der Waals surface area contributed by atoms with E-state index in [0.29, 0.717) is 28.2 Å². The molecule has 0 amide bonds. The van der Waals surface area contributed by atoms with Crippen molar-refractivity contribution in [3.8, 4) is 6.07 Å². The molecule has 7 heteroatoms. The van der Waals surface area contributed by atoms with Gasteiger partial charge in [-0.3, -0.25) is 4.98 Å². The van der Waals surface area contributed by atoms with Gasteiger partial charge in [0.05, 0.1) is 27.0 Å². The first kappa shape index (κ1) is 13.3. The maximum absolute atomic E-state index is 8.78. The molecule has 0 aliphatic carbocycles. The highest BCUT2D eigenvalue weighted by Gasteiger charge is 2.08. The third-order valence-electron chi connectivity index (χ3n) is 2.86. The van der Waals surface area contributed by atoms with Gasteiger partial charge < -0.3 is 11.1 Å². The third kappa shape index (κ3) is 2.61. The summed E-state index contributed by atoms with van der Waals surface area (Å²) in [7, 11) is 0. The van der Waals surface area contributed by atoms with Gasteiger partial charge in [-0.05, 0) is 40.2 Å². The Morgan fingerprint density at radius 3 is 2.62 bits per heavy atom. The molecule has 2 heterocycles. The highest BCUT2D eigenvalue weighted by atomic mass is 79.9. The first-order valence-electron chi connectivity index (χ1n) is 6.01. The van der Waals surface area contributed by atoms with Crippen LogP contribution in [0.5, 0.6) is 0 Å². The van der Waals surface area contributed by atoms with Gasteiger partial charge in [-0.15, -0.1) is 0 Å². The van der Waals surface area contributed by atoms with Crippen LogP contribution in [0.4, 0.5) is 17.5 Å². The number of rotatable bonds is 2. The Kier molecular flexibility index (Phi) is 3.38. The van der Waals surface area contributed by atoms with Crippen molar-refractivity contribution in [3.05, 3.63) is 46.7 Å². The quantitative estimate of drug-likeness (QED) is 0.743. The molecule has 3 aromatic rings. The number of nitrogens with two attached hydrogens (primary N) is 1. The van der Waals surface area contributed by atoms with Crippen molar-refractivity contribution < 1.29 is 0 Å². The van der Waals surface area contributed by atoms with Crippen molar-refractivity contribution in [1.82, 2.24) is 15.0 Å². The molecule has 0 saturated carbocycles. The number of anilines is 3. The Bertz CT molecular complexity index is 854. The summed E-state index contributed by atoms with van der Waals surface area (Å²) >= 11 is 3.40. The van der Waals surface area contributed by atoms with Gasteiger partial charge in [0.25, 0.3) is 0 Å². The van der Waals surface area contributed by atoms with E-state index in [2.05, 4.69) is 42.3 Å². The van der Waals surface area contributed by atoms with Gasteiger partial charge in [0.2, 0.25) is 5.95 Å². The SMILES string of the molecule is N#Cc1ccc(Nc2nc(N)c3cncc(Br)c3n2)cc1. The predicted octanol–water partition coefficient (Wildman–Crippen LogP) is 2.98. The number of hydrogen-bond donors (Lipinski definition) is 2. The van der Waals surface area contributed by atoms with E-state index in [1.54, 1.807) is 36.7 Å². The molecule has 0 saturated heterocycles. The van der Waals surface area contributed by atoms with E-state index in [9.17, 15) is 0 Å². The predicted molar refractivity (Wildman–Crippen MR) is 83.9 cm³/mol. The number of aromatic nitrogens is 3. The van der Waals surface area contributed by atoms with Crippen LogP contribution in [-0.4, -0.2) is 15.0 Å². The van der Waals surface area contributed by atoms with Crippen molar-refractivity contribution in [1.29, 1.82) is 5.26 Å². The molecule has 21 heavy (non-hydrogen) atoms. The first-order chi connectivity index (χ1) is 10.2. The molecule has 2 aromatic heterocycles. The normalized spacial score (nSPS) is 10.3. The van der Waals surface area contributed by atoms with E-state index < -0.39 is 0 Å². The van der Waals surface area contributed by atoms with Gasteiger partial charge in [-0.2, -0.15) is 10.2 Å². The topological polar surface area (TPSA) is 101 Å². The van der Waals surface area contributed by atoms with Crippen LogP contribution in [0, 0.1) is 11.3 Å². The standard InChI is InChI=1S/C14H9BrN6/c15-11-7-18-6-10-12(11)20-14(21-13(10)17)19-9-3-1-8(5-16)2-4-9/h1-4,6-7H,(H3,17,19,20,21). The minimum atomic E-state index is 0.352. The van der Waals surface area contributed by atoms with Crippen molar-refractivity contribution in [2.75, 3.05) is 11.1 Å². The van der Waals surface area contributed by atoms with Crippen LogP contribution in [-0.2, 0) is 0 Å². The summed E-state index contributed by atoms with van der Waals surface area (Å²) in [6, 6.07) is 9.06. The monoisotopic (exact) mass is 340 g/mol. The lowest BCUT2D eigenvalue weighted by Gasteiger charge is -2.08. The van der Waals surface area contributed by atoms with E-state index in [1.807, 2.05) is 0 Å². The summed E-state index contributed by atoms with van der Waals surface area (Å²) in [6.07, 6.45) is 3.28. The maximum Gasteiger partial charge on any atom is 0.229 e. The lowest BCUT2D eigenvalue weighted by molar-refractivity contribution is 1.20. The molecule has 6 nitrogen and oxygen atoms in total. The van der Waals surface area contributed by atoms with Crippen LogP contribution in [0.15, 0.2) is 41.1 Å². The van der Waals surface area contributed by atoms with Crippen LogP contribution in [0.3, 0.4) is 0 Å². The van der Waals surface area contributed by atoms with Gasteiger partial charge in [0.15, 0.2) is 0 Å². The minimum Gasteiger partial charge on any atom is -0.383 e. The fourth-order valence-corrected chi connectivity index (χ4v) is 2.27. The summed E-state index contributed by atoms with van der Waals surface area (Å²) in [5.74, 6) is 0.738. The van der Waals surface area contributed by atoms with Crippen molar-refractivity contribution in [3.63, 3.8) is 0 Å². The summed E-state index contributed by atoms with van der Waals surface area (Å²) in [6.45, 7) is 0. The second-order valence-electron chi connectivity index (χ2n) is 4.26. The van der Waals surface area contributed by atoms with E-state index in [-0.39, 0.29) is 0 Å². The molecular weight excluding hydrogens is 332 g/mol. The van der Waals surface area contributed by atoms with Crippen molar-refractivity contribution >= 4 is 44.3 Å². The third-order valence-corrected chi connectivity index (χ3v) is 3.44. The molecule has 1 aromatic carbocycles. The second-order valence-corrected chi connectivity index (χ2v) is 5.12. The fraction of sp³-hybridized carbons (Fsp3) is 0. The van der Waals surface area contributed by atoms with Crippen LogP contribution in [0.25, 0.3) is 10.9 Å². The van der Waals surface area contributed by atoms with Crippen LogP contribution in [0.2, 0.25) is 0 Å². The van der Waals surface area contributed by atoms with Crippen molar-refractivity contribution in [2.45, 2.75) is 0 Å². The molecule has 0 unspecified atom stereocenters. The molecule has 102 valence electrons. The molecule has 0 fully saturated rings. The Balaban J connectivity index is 2.00. The number of nitrogen functional groups attached to an aromatic ring is 1. The average molecular weight is 341 g/mol. The van der Waals surface area contributed by atoms with Gasteiger partial charge in [0.1, 0.15) is 5.82 Å². The Morgan fingerprint density at radius 1 is 1.14 bits per heavy atom. The summed E-state index contributed by atoms with van der Waals surface area (Å²) < 4.78 is 0.747. The fourth-order valence-electron chi connectivity index (χ4n) is 1.85. The molecular formula is C14H9BrN6. The van der Waals surface area contributed by atoms with Gasteiger partial charge in [-0.25, -0.2) is 4.98 Å². The number of fused-ring (bicyclic) bond motifs is 1. The Morgan fingerprint density at radius 2 is 1.90 bits per heavy atom. The summed E-state index contributed by atoms with van der Waals surface area (Å²) in [4.78, 5) is 12.7. The summed E-state index contributed by atoms with van der Waals surface area (Å²) in [5, 5.41) is 12.5. The Labute approximate surface area is 128 Å². The van der Waals surface area contributed by atoms with Crippen LogP contribution < -0.4 is 11.1 Å². The molecule has 3 N–H and O–H groups in total. The number of nitriles is 1. The average Bonchev–Trinajstić information content (AvgIpc) is 2.49. The number of nitrogens with zero attached hydrogens (tertiary/aromatic N) is 4. The maximum atomic E-state index is 8.78. The zero-order valence-electron chi connectivity index (χ0n) is 10.7. The largest absolute Gasteiger partial charge is 0.383 e. The van der Waals surface area contributed by atoms with Gasteiger partial charge in [-0.1, -0.05) is 0 Å². The number of benzene rings is 1. The van der Waals surface area contributed by atoms with E-state index in [0.717, 1.165) is 10.2 Å². The van der Waals surface area contributed by atoms with Crippen molar-refractivity contribution in [2.24, 2.45) is 0 Å². The zero-order valence-corrected chi connectivity index (χ0v) is 12.3. The second kappa shape index (κ2) is 5.34. The lowest BCUT2D eigenvalue weighted by Crippen LogP contribution is -2.02. The molecule has 3 rings (SSSR count). The molecule has 0 bridgehead atoms. The summed E-state index contributed by atoms with van der Waals surface area (Å²) in [5.41, 5.74) is 7.99. The molecule has 0 spiro atoms.